The van der Waals surface area contributed by atoms with Crippen molar-refractivity contribution in [1.82, 2.24) is 0 Å². The predicted octanol–water partition coefficient (Wildman–Crippen LogP) is 4.31. The number of rotatable bonds is 4. The molecule has 0 aromatic heterocycles. The van der Waals surface area contributed by atoms with Crippen molar-refractivity contribution in [1.29, 1.82) is 0 Å². The zero-order chi connectivity index (χ0) is 14.7. The lowest BCUT2D eigenvalue weighted by Gasteiger charge is -2.16. The molecule has 2 aromatic rings. The molecule has 2 aromatic carbocycles. The first kappa shape index (κ1) is 14.7. The Hall–Kier alpha value is -1.67. The number of aryl methyl sites for hydroxylation is 3. The van der Waals surface area contributed by atoms with E-state index in [0.717, 1.165) is 24.0 Å². The molecule has 0 bridgehead atoms. The molecule has 0 aliphatic carbocycles. The maximum atomic E-state index is 13.7. The number of nitrogens with two attached hydrogens (primary N) is 1. The van der Waals surface area contributed by atoms with Crippen molar-refractivity contribution in [2.45, 2.75) is 39.7 Å². The summed E-state index contributed by atoms with van der Waals surface area (Å²) in [6, 6.07) is 11.3. The molecule has 0 fully saturated rings. The summed E-state index contributed by atoms with van der Waals surface area (Å²) >= 11 is 0. The van der Waals surface area contributed by atoms with Gasteiger partial charge in [-0.1, -0.05) is 44.2 Å². The van der Waals surface area contributed by atoms with E-state index in [1.165, 1.54) is 11.1 Å². The lowest BCUT2D eigenvalue weighted by Crippen LogP contribution is -2.13. The molecule has 1 unspecified atom stereocenters. The van der Waals surface area contributed by atoms with Gasteiger partial charge in [0.15, 0.2) is 0 Å². The van der Waals surface area contributed by atoms with E-state index < -0.39 is 0 Å². The summed E-state index contributed by atoms with van der Waals surface area (Å²) in [7, 11) is 0. The Morgan fingerprint density at radius 1 is 0.950 bits per heavy atom. The summed E-state index contributed by atoms with van der Waals surface area (Å²) in [5, 5.41) is 0. The fourth-order valence-electron chi connectivity index (χ4n) is 2.51. The molecule has 0 heterocycles. The first-order valence-electron chi connectivity index (χ1n) is 7.20. The van der Waals surface area contributed by atoms with E-state index in [2.05, 4.69) is 32.0 Å². The molecule has 0 amide bonds. The van der Waals surface area contributed by atoms with Crippen molar-refractivity contribution in [3.05, 3.63) is 70.0 Å². The maximum absolute atomic E-state index is 13.7. The van der Waals surface area contributed by atoms with Crippen LogP contribution in [0, 0.1) is 12.7 Å². The van der Waals surface area contributed by atoms with Crippen LogP contribution in [0.4, 0.5) is 4.39 Å². The summed E-state index contributed by atoms with van der Waals surface area (Å²) in [4.78, 5) is 0. The maximum Gasteiger partial charge on any atom is 0.126 e. The van der Waals surface area contributed by atoms with Gasteiger partial charge in [-0.15, -0.1) is 0 Å². The molecule has 0 saturated carbocycles. The highest BCUT2D eigenvalue weighted by atomic mass is 19.1. The SMILES string of the molecule is CCc1ccc(C(N)c2ccc(C)c(F)c2)cc1CC. The second-order valence-electron chi connectivity index (χ2n) is 5.22. The van der Waals surface area contributed by atoms with Crippen molar-refractivity contribution in [3.8, 4) is 0 Å². The van der Waals surface area contributed by atoms with E-state index in [4.69, 9.17) is 5.73 Å². The first-order chi connectivity index (χ1) is 9.56. The minimum Gasteiger partial charge on any atom is -0.320 e. The first-order valence-corrected chi connectivity index (χ1v) is 7.20. The molecule has 106 valence electrons. The monoisotopic (exact) mass is 271 g/mol. The number of hydrogen-bond donors (Lipinski definition) is 1. The van der Waals surface area contributed by atoms with Crippen LogP contribution in [0.5, 0.6) is 0 Å². The fourth-order valence-corrected chi connectivity index (χ4v) is 2.51. The second-order valence-corrected chi connectivity index (χ2v) is 5.22. The van der Waals surface area contributed by atoms with Crippen molar-refractivity contribution in [2.24, 2.45) is 5.73 Å². The third-order valence-electron chi connectivity index (χ3n) is 3.91. The third-order valence-corrected chi connectivity index (χ3v) is 3.91. The third kappa shape index (κ3) is 2.91. The Balaban J connectivity index is 2.37. The van der Waals surface area contributed by atoms with E-state index in [1.54, 1.807) is 19.1 Å². The van der Waals surface area contributed by atoms with Crippen molar-refractivity contribution in [2.75, 3.05) is 0 Å². The fraction of sp³-hybridized carbons (Fsp3) is 0.333. The summed E-state index contributed by atoms with van der Waals surface area (Å²) in [5.41, 5.74) is 11.5. The lowest BCUT2D eigenvalue weighted by molar-refractivity contribution is 0.614. The van der Waals surface area contributed by atoms with Gasteiger partial charge in [0, 0.05) is 0 Å². The Kier molecular flexibility index (Phi) is 4.56. The highest BCUT2D eigenvalue weighted by Gasteiger charge is 2.12. The quantitative estimate of drug-likeness (QED) is 0.881. The van der Waals surface area contributed by atoms with Crippen LogP contribution in [0.1, 0.15) is 47.7 Å². The van der Waals surface area contributed by atoms with Gasteiger partial charge in [0.05, 0.1) is 6.04 Å². The van der Waals surface area contributed by atoms with E-state index >= 15 is 0 Å². The van der Waals surface area contributed by atoms with Gasteiger partial charge in [-0.25, -0.2) is 4.39 Å². The van der Waals surface area contributed by atoms with E-state index in [9.17, 15) is 4.39 Å². The molecule has 0 radical (unpaired) electrons. The standard InChI is InChI=1S/C18H22FN/c1-4-13-8-9-15(10-14(13)5-2)18(20)16-7-6-12(3)17(19)11-16/h6-11,18H,4-5,20H2,1-3H3. The summed E-state index contributed by atoms with van der Waals surface area (Å²) < 4.78 is 13.7. The summed E-state index contributed by atoms with van der Waals surface area (Å²) in [6.07, 6.45) is 2.02. The van der Waals surface area contributed by atoms with Crippen LogP contribution in [0.25, 0.3) is 0 Å². The number of halogens is 1. The zero-order valence-electron chi connectivity index (χ0n) is 12.4. The Morgan fingerprint density at radius 3 is 2.15 bits per heavy atom. The molecular formula is C18H22FN. The average molecular weight is 271 g/mol. The zero-order valence-corrected chi connectivity index (χ0v) is 12.4. The van der Waals surface area contributed by atoms with Gasteiger partial charge >= 0.3 is 0 Å². The van der Waals surface area contributed by atoms with Crippen LogP contribution in [-0.4, -0.2) is 0 Å². The van der Waals surface area contributed by atoms with Gasteiger partial charge in [-0.05, 0) is 53.6 Å². The normalized spacial score (nSPS) is 12.4. The molecule has 1 atom stereocenters. The molecule has 0 saturated heterocycles. The average Bonchev–Trinajstić information content (AvgIpc) is 2.48. The van der Waals surface area contributed by atoms with Crippen molar-refractivity contribution < 1.29 is 4.39 Å². The van der Waals surface area contributed by atoms with Gasteiger partial charge in [0.25, 0.3) is 0 Å². The highest BCUT2D eigenvalue weighted by Crippen LogP contribution is 2.24. The Bertz CT molecular complexity index is 604. The van der Waals surface area contributed by atoms with Crippen LogP contribution in [0.2, 0.25) is 0 Å². The second kappa shape index (κ2) is 6.19. The Morgan fingerprint density at radius 2 is 1.55 bits per heavy atom. The largest absolute Gasteiger partial charge is 0.320 e. The molecule has 1 nitrogen and oxygen atoms in total. The van der Waals surface area contributed by atoms with Gasteiger partial charge in [-0.2, -0.15) is 0 Å². The van der Waals surface area contributed by atoms with E-state index in [-0.39, 0.29) is 11.9 Å². The van der Waals surface area contributed by atoms with Crippen LogP contribution in [0.15, 0.2) is 36.4 Å². The summed E-state index contributed by atoms with van der Waals surface area (Å²) in [5.74, 6) is -0.196. The van der Waals surface area contributed by atoms with Crippen LogP contribution in [-0.2, 0) is 12.8 Å². The van der Waals surface area contributed by atoms with Gasteiger partial charge < -0.3 is 5.73 Å². The topological polar surface area (TPSA) is 26.0 Å². The minimum atomic E-state index is -0.277. The Labute approximate surface area is 120 Å². The molecule has 0 aliphatic heterocycles. The minimum absolute atomic E-state index is 0.196. The molecule has 20 heavy (non-hydrogen) atoms. The van der Waals surface area contributed by atoms with Crippen molar-refractivity contribution >= 4 is 0 Å². The van der Waals surface area contributed by atoms with Gasteiger partial charge in [0.1, 0.15) is 5.82 Å². The van der Waals surface area contributed by atoms with Crippen LogP contribution in [0.3, 0.4) is 0 Å². The van der Waals surface area contributed by atoms with Crippen LogP contribution < -0.4 is 5.73 Å². The molecule has 0 spiro atoms. The highest BCUT2D eigenvalue weighted by molar-refractivity contribution is 5.38. The van der Waals surface area contributed by atoms with Crippen LogP contribution >= 0.6 is 0 Å². The smallest absolute Gasteiger partial charge is 0.126 e. The predicted molar refractivity (Wildman–Crippen MR) is 82.4 cm³/mol. The van der Waals surface area contributed by atoms with E-state index in [1.807, 2.05) is 6.07 Å². The molecule has 0 aliphatic rings. The number of benzene rings is 2. The summed E-state index contributed by atoms with van der Waals surface area (Å²) in [6.45, 7) is 6.06. The van der Waals surface area contributed by atoms with Gasteiger partial charge in [-0.3, -0.25) is 0 Å². The molecule has 2 heteroatoms. The molecule has 2 N–H and O–H groups in total. The number of hydrogen-bond acceptors (Lipinski definition) is 1. The molecular weight excluding hydrogens is 249 g/mol. The van der Waals surface area contributed by atoms with Crippen molar-refractivity contribution in [3.63, 3.8) is 0 Å². The molecule has 2 rings (SSSR count). The van der Waals surface area contributed by atoms with E-state index in [0.29, 0.717) is 5.56 Å². The van der Waals surface area contributed by atoms with Gasteiger partial charge in [0.2, 0.25) is 0 Å². The lowest BCUT2D eigenvalue weighted by atomic mass is 9.93.